The predicted molar refractivity (Wildman–Crippen MR) is 118 cm³/mol. The topological polar surface area (TPSA) is 90.7 Å². The van der Waals surface area contributed by atoms with Gasteiger partial charge in [0, 0.05) is 18.9 Å². The van der Waals surface area contributed by atoms with Gasteiger partial charge >= 0.3 is 12.1 Å². The molecule has 6 nitrogen and oxygen atoms in total. The van der Waals surface area contributed by atoms with Crippen molar-refractivity contribution in [2.24, 2.45) is 22.2 Å². The zero-order valence-corrected chi connectivity index (χ0v) is 20.7. The highest BCUT2D eigenvalue weighted by molar-refractivity contribution is 6.29. The standard InChI is InChI=1S/C23H32ClF3N2O4/c1-20(2,3)17-22(7,21(4,5)6)29(19(32)33)9-8-23(17,18(30)31)11-13-15(25)12(16(26)27)10-14(24)28-13/h10,16-17H,8-9,11H2,1-7H3,(H,30,31)(H,32,33)/t17?,22-,23-/m1/s1. The summed E-state index contributed by atoms with van der Waals surface area (Å²) >= 11 is 5.88. The van der Waals surface area contributed by atoms with E-state index in [-0.39, 0.29) is 18.1 Å². The van der Waals surface area contributed by atoms with Crippen LogP contribution >= 0.6 is 11.6 Å². The van der Waals surface area contributed by atoms with Crippen molar-refractivity contribution in [1.29, 1.82) is 0 Å². The molecule has 1 aliphatic rings. The molecule has 0 radical (unpaired) electrons. The van der Waals surface area contributed by atoms with E-state index in [4.69, 9.17) is 11.6 Å². The summed E-state index contributed by atoms with van der Waals surface area (Å²) in [6.07, 6.45) is -4.99. The molecular weight excluding hydrogens is 461 g/mol. The van der Waals surface area contributed by atoms with Gasteiger partial charge in [-0.25, -0.2) is 22.9 Å². The number of amides is 1. The number of carboxylic acids is 1. The number of pyridine rings is 1. The van der Waals surface area contributed by atoms with Crippen molar-refractivity contribution in [3.8, 4) is 0 Å². The van der Waals surface area contributed by atoms with Crippen molar-refractivity contribution < 1.29 is 33.0 Å². The monoisotopic (exact) mass is 492 g/mol. The van der Waals surface area contributed by atoms with Crippen LogP contribution in [0.2, 0.25) is 5.15 Å². The second-order valence-corrected chi connectivity index (χ2v) is 11.5. The fraction of sp³-hybridized carbons (Fsp3) is 0.696. The molecule has 1 aromatic rings. The Bertz CT molecular complexity index is 945. The second-order valence-electron chi connectivity index (χ2n) is 11.1. The van der Waals surface area contributed by atoms with Gasteiger partial charge in [0.1, 0.15) is 5.15 Å². The Labute approximate surface area is 197 Å². The highest BCUT2D eigenvalue weighted by Gasteiger charge is 2.66. The van der Waals surface area contributed by atoms with Crippen LogP contribution in [0.25, 0.3) is 0 Å². The molecule has 3 atom stereocenters. The van der Waals surface area contributed by atoms with E-state index < -0.39 is 69.7 Å². The van der Waals surface area contributed by atoms with Crippen molar-refractivity contribution in [3.63, 3.8) is 0 Å². The van der Waals surface area contributed by atoms with Crippen LogP contribution in [-0.4, -0.2) is 44.2 Å². The van der Waals surface area contributed by atoms with E-state index in [0.29, 0.717) is 0 Å². The number of aromatic nitrogens is 1. The van der Waals surface area contributed by atoms with E-state index in [2.05, 4.69) is 4.98 Å². The Morgan fingerprint density at radius 1 is 1.24 bits per heavy atom. The Balaban J connectivity index is 2.87. The number of rotatable bonds is 4. The summed E-state index contributed by atoms with van der Waals surface area (Å²) in [4.78, 5) is 30.3. The molecule has 2 heterocycles. The SMILES string of the molecule is CC(C)(C)C1[C@@](Cc2nc(Cl)cc(C(F)F)c2F)(C(=O)O)CCN(C(=O)O)[C@@]1(C)C(C)(C)C. The van der Waals surface area contributed by atoms with Gasteiger partial charge in [0.2, 0.25) is 0 Å². The normalized spacial score (nSPS) is 26.5. The average Bonchev–Trinajstić information content (AvgIpc) is 2.61. The smallest absolute Gasteiger partial charge is 0.407 e. The minimum Gasteiger partial charge on any atom is -0.481 e. The summed E-state index contributed by atoms with van der Waals surface area (Å²) < 4.78 is 41.8. The molecule has 1 fully saturated rings. The summed E-state index contributed by atoms with van der Waals surface area (Å²) in [5.41, 5.74) is -5.79. The summed E-state index contributed by atoms with van der Waals surface area (Å²) in [6.45, 7) is 12.5. The molecule has 186 valence electrons. The van der Waals surface area contributed by atoms with Gasteiger partial charge in [0.15, 0.2) is 5.82 Å². The van der Waals surface area contributed by atoms with Gasteiger partial charge in [-0.1, -0.05) is 53.1 Å². The average molecular weight is 493 g/mol. The molecule has 0 aliphatic carbocycles. The van der Waals surface area contributed by atoms with E-state index in [0.717, 1.165) is 6.07 Å². The Hall–Kier alpha value is -2.03. The molecular formula is C23H32ClF3N2O4. The number of nitrogens with zero attached hydrogens (tertiary/aromatic N) is 2. The van der Waals surface area contributed by atoms with Gasteiger partial charge in [-0.3, -0.25) is 4.79 Å². The Kier molecular flexibility index (Phi) is 7.12. The van der Waals surface area contributed by atoms with Crippen molar-refractivity contribution in [3.05, 3.63) is 28.3 Å². The number of carbonyl (C=O) groups is 2. The Morgan fingerprint density at radius 3 is 2.18 bits per heavy atom. The molecule has 2 rings (SSSR count). The third kappa shape index (κ3) is 4.53. The van der Waals surface area contributed by atoms with Crippen LogP contribution in [0.5, 0.6) is 0 Å². The van der Waals surface area contributed by atoms with E-state index >= 15 is 4.39 Å². The summed E-state index contributed by atoms with van der Waals surface area (Å²) in [6, 6.07) is 0.728. The number of alkyl halides is 2. The number of hydrogen-bond acceptors (Lipinski definition) is 3. The molecule has 33 heavy (non-hydrogen) atoms. The maximum atomic E-state index is 15.0. The molecule has 0 aromatic carbocycles. The first-order valence-corrected chi connectivity index (χ1v) is 11.1. The zero-order valence-electron chi connectivity index (χ0n) is 20.0. The van der Waals surface area contributed by atoms with Gasteiger partial charge in [-0.05, 0) is 30.2 Å². The molecule has 1 aliphatic heterocycles. The predicted octanol–water partition coefficient (Wildman–Crippen LogP) is 6.28. The van der Waals surface area contributed by atoms with Crippen molar-refractivity contribution in [1.82, 2.24) is 9.88 Å². The van der Waals surface area contributed by atoms with Gasteiger partial charge in [0.25, 0.3) is 6.43 Å². The number of aliphatic carboxylic acids is 1. The van der Waals surface area contributed by atoms with Gasteiger partial charge in [-0.2, -0.15) is 0 Å². The van der Waals surface area contributed by atoms with E-state index in [9.17, 15) is 28.6 Å². The second kappa shape index (κ2) is 8.64. The maximum absolute atomic E-state index is 15.0. The number of carboxylic acid groups (broad SMARTS) is 2. The molecule has 2 N–H and O–H groups in total. The number of halogens is 4. The summed E-state index contributed by atoms with van der Waals surface area (Å²) in [7, 11) is 0. The molecule has 1 aromatic heterocycles. The van der Waals surface area contributed by atoms with Crippen LogP contribution in [0.4, 0.5) is 18.0 Å². The summed E-state index contributed by atoms with van der Waals surface area (Å²) in [5, 5.41) is 20.2. The molecule has 1 saturated heterocycles. The van der Waals surface area contributed by atoms with E-state index in [1.807, 2.05) is 20.8 Å². The van der Waals surface area contributed by atoms with Crippen molar-refractivity contribution >= 4 is 23.7 Å². The molecule has 0 spiro atoms. The van der Waals surface area contributed by atoms with E-state index in [1.54, 1.807) is 27.7 Å². The van der Waals surface area contributed by atoms with Crippen LogP contribution < -0.4 is 0 Å². The lowest BCUT2D eigenvalue weighted by atomic mass is 9.47. The first kappa shape index (κ1) is 27.2. The van der Waals surface area contributed by atoms with Gasteiger partial charge in [-0.15, -0.1) is 0 Å². The lowest BCUT2D eigenvalue weighted by Crippen LogP contribution is -2.72. The zero-order chi connectivity index (χ0) is 25.7. The van der Waals surface area contributed by atoms with Crippen LogP contribution in [0, 0.1) is 28.0 Å². The molecule has 0 saturated carbocycles. The van der Waals surface area contributed by atoms with Gasteiger partial charge in [0.05, 0.1) is 22.2 Å². The molecule has 10 heteroatoms. The highest BCUT2D eigenvalue weighted by atomic mass is 35.5. The lowest BCUT2D eigenvalue weighted by Gasteiger charge is -2.64. The Morgan fingerprint density at radius 2 is 1.79 bits per heavy atom. The minimum absolute atomic E-state index is 0.119. The lowest BCUT2D eigenvalue weighted by molar-refractivity contribution is -0.188. The van der Waals surface area contributed by atoms with E-state index in [1.165, 1.54) is 4.90 Å². The van der Waals surface area contributed by atoms with Crippen LogP contribution in [0.1, 0.15) is 72.6 Å². The highest BCUT2D eigenvalue weighted by Crippen LogP contribution is 2.60. The largest absolute Gasteiger partial charge is 0.481 e. The third-order valence-corrected chi connectivity index (χ3v) is 7.43. The first-order valence-electron chi connectivity index (χ1n) is 10.7. The quantitative estimate of drug-likeness (QED) is 0.483. The van der Waals surface area contributed by atoms with Crippen molar-refractivity contribution in [2.75, 3.05) is 6.54 Å². The minimum atomic E-state index is -3.16. The van der Waals surface area contributed by atoms with Gasteiger partial charge < -0.3 is 15.1 Å². The van der Waals surface area contributed by atoms with Crippen molar-refractivity contribution in [2.45, 2.75) is 73.3 Å². The van der Waals surface area contributed by atoms with Crippen LogP contribution in [-0.2, 0) is 11.2 Å². The number of piperidine rings is 1. The van der Waals surface area contributed by atoms with Crippen LogP contribution in [0.3, 0.4) is 0 Å². The molecule has 1 unspecified atom stereocenters. The fourth-order valence-corrected chi connectivity index (χ4v) is 6.05. The number of likely N-dealkylation sites (tertiary alicyclic amines) is 1. The first-order chi connectivity index (χ1) is 14.8. The third-order valence-electron chi connectivity index (χ3n) is 7.24. The molecule has 1 amide bonds. The molecule has 0 bridgehead atoms. The van der Waals surface area contributed by atoms with Crippen LogP contribution in [0.15, 0.2) is 6.07 Å². The maximum Gasteiger partial charge on any atom is 0.407 e. The summed E-state index contributed by atoms with van der Waals surface area (Å²) in [5.74, 6) is -3.39. The fourth-order valence-electron chi connectivity index (χ4n) is 5.83. The number of hydrogen-bond donors (Lipinski definition) is 2.